The Morgan fingerprint density at radius 2 is 1.88 bits per heavy atom. The molecule has 0 saturated heterocycles. The first-order chi connectivity index (χ1) is 11.6. The molecular weight excluding hydrogens is 294 g/mol. The highest BCUT2D eigenvalue weighted by atomic mass is 16.5. The van der Waals surface area contributed by atoms with Crippen LogP contribution in [-0.2, 0) is 0 Å². The topological polar surface area (TPSA) is 22.1 Å². The number of ether oxygens (including phenoxy) is 1. The van der Waals surface area contributed by atoms with Gasteiger partial charge in [0.2, 0.25) is 0 Å². The minimum Gasteiger partial charge on any atom is -0.481 e. The lowest BCUT2D eigenvalue weighted by Crippen LogP contribution is -1.95. The third-order valence-corrected chi connectivity index (χ3v) is 4.04. The van der Waals surface area contributed by atoms with Crippen LogP contribution in [0.2, 0.25) is 0 Å². The summed E-state index contributed by atoms with van der Waals surface area (Å²) < 4.78 is 5.56. The van der Waals surface area contributed by atoms with E-state index < -0.39 is 0 Å². The van der Waals surface area contributed by atoms with Crippen LogP contribution in [0.3, 0.4) is 0 Å². The molecule has 119 valence electrons. The number of benzene rings is 2. The number of hydrogen-bond donors (Lipinski definition) is 0. The van der Waals surface area contributed by atoms with Crippen LogP contribution in [0, 0.1) is 19.3 Å². The summed E-state index contributed by atoms with van der Waals surface area (Å²) in [5, 5.41) is 1.04. The fourth-order valence-electron chi connectivity index (χ4n) is 2.76. The zero-order valence-corrected chi connectivity index (χ0v) is 14.0. The average molecular weight is 314 g/mol. The third kappa shape index (κ3) is 3.26. The SMILES string of the molecule is C#CCOc1ccc2nc([CH2])cc(-c3ccc(C(C)C)cc3)c2c1. The van der Waals surface area contributed by atoms with Crippen molar-refractivity contribution >= 4 is 10.9 Å². The number of hydrogen-bond acceptors (Lipinski definition) is 2. The minimum atomic E-state index is 0.255. The standard InChI is InChI=1S/C22H20NO/c1-5-12-24-19-10-11-22-21(14-19)20(13-16(4)23-22)18-8-6-17(7-9-18)15(2)3/h1,6-11,13-15H,4,12H2,2-3H3. The Morgan fingerprint density at radius 1 is 1.12 bits per heavy atom. The predicted octanol–water partition coefficient (Wildman–Crippen LogP) is 5.22. The second kappa shape index (κ2) is 6.76. The maximum atomic E-state index is 5.56. The number of fused-ring (bicyclic) bond motifs is 1. The third-order valence-electron chi connectivity index (χ3n) is 4.04. The van der Waals surface area contributed by atoms with E-state index in [1.807, 2.05) is 24.3 Å². The summed E-state index contributed by atoms with van der Waals surface area (Å²) in [4.78, 5) is 4.52. The molecule has 0 N–H and O–H groups in total. The van der Waals surface area contributed by atoms with E-state index in [0.29, 0.717) is 5.92 Å². The second-order valence-corrected chi connectivity index (χ2v) is 6.11. The predicted molar refractivity (Wildman–Crippen MR) is 100 cm³/mol. The molecule has 0 aliphatic rings. The number of aromatic nitrogens is 1. The first-order valence-electron chi connectivity index (χ1n) is 8.02. The summed E-state index contributed by atoms with van der Waals surface area (Å²) in [5.41, 5.74) is 5.23. The van der Waals surface area contributed by atoms with E-state index in [4.69, 9.17) is 11.2 Å². The van der Waals surface area contributed by atoms with E-state index >= 15 is 0 Å². The lowest BCUT2D eigenvalue weighted by molar-refractivity contribution is 0.371. The molecule has 0 amide bonds. The van der Waals surface area contributed by atoms with Gasteiger partial charge in [-0.15, -0.1) is 6.42 Å². The van der Waals surface area contributed by atoms with Crippen molar-refractivity contribution in [3.63, 3.8) is 0 Å². The van der Waals surface area contributed by atoms with Crippen molar-refractivity contribution in [1.82, 2.24) is 4.98 Å². The van der Waals surface area contributed by atoms with Gasteiger partial charge in [0.1, 0.15) is 12.4 Å². The van der Waals surface area contributed by atoms with Gasteiger partial charge in [-0.2, -0.15) is 0 Å². The quantitative estimate of drug-likeness (QED) is 0.616. The number of terminal acetylenes is 1. The van der Waals surface area contributed by atoms with E-state index in [0.717, 1.165) is 33.5 Å². The van der Waals surface area contributed by atoms with Crippen LogP contribution < -0.4 is 4.74 Å². The Balaban J connectivity index is 2.12. The van der Waals surface area contributed by atoms with Gasteiger partial charge in [0.15, 0.2) is 0 Å². The summed E-state index contributed by atoms with van der Waals surface area (Å²) in [7, 11) is 0. The highest BCUT2D eigenvalue weighted by molar-refractivity contribution is 5.95. The molecule has 1 aromatic heterocycles. The van der Waals surface area contributed by atoms with Gasteiger partial charge in [-0.25, -0.2) is 0 Å². The molecule has 1 radical (unpaired) electrons. The Labute approximate surface area is 143 Å². The van der Waals surface area contributed by atoms with Gasteiger partial charge in [-0.05, 0) is 53.8 Å². The zero-order valence-electron chi connectivity index (χ0n) is 14.0. The van der Waals surface area contributed by atoms with Gasteiger partial charge in [-0.3, -0.25) is 4.98 Å². The average Bonchev–Trinajstić information content (AvgIpc) is 2.59. The van der Waals surface area contributed by atoms with Gasteiger partial charge in [-0.1, -0.05) is 44.0 Å². The van der Waals surface area contributed by atoms with Crippen LogP contribution in [0.25, 0.3) is 22.0 Å². The minimum absolute atomic E-state index is 0.255. The molecule has 24 heavy (non-hydrogen) atoms. The number of pyridine rings is 1. The maximum Gasteiger partial charge on any atom is 0.148 e. The van der Waals surface area contributed by atoms with Gasteiger partial charge in [0, 0.05) is 11.1 Å². The van der Waals surface area contributed by atoms with Crippen LogP contribution in [0.15, 0.2) is 48.5 Å². The van der Waals surface area contributed by atoms with Crippen LogP contribution in [0.5, 0.6) is 5.75 Å². The largest absolute Gasteiger partial charge is 0.481 e. The maximum absolute atomic E-state index is 5.56. The number of nitrogens with zero attached hydrogens (tertiary/aromatic N) is 1. The zero-order chi connectivity index (χ0) is 17.1. The molecule has 0 bridgehead atoms. The smallest absolute Gasteiger partial charge is 0.148 e. The van der Waals surface area contributed by atoms with Crippen molar-refractivity contribution in [2.24, 2.45) is 0 Å². The Bertz CT molecular complexity index is 902. The van der Waals surface area contributed by atoms with Crippen LogP contribution in [0.1, 0.15) is 31.0 Å². The van der Waals surface area contributed by atoms with Crippen molar-refractivity contribution in [2.45, 2.75) is 19.8 Å². The van der Waals surface area contributed by atoms with Gasteiger partial charge in [0.05, 0.1) is 5.52 Å². The molecule has 3 rings (SSSR count). The molecule has 0 unspecified atom stereocenters. The monoisotopic (exact) mass is 314 g/mol. The lowest BCUT2D eigenvalue weighted by atomic mass is 9.96. The molecule has 1 heterocycles. The van der Waals surface area contributed by atoms with Crippen LogP contribution in [0.4, 0.5) is 0 Å². The van der Waals surface area contributed by atoms with E-state index in [9.17, 15) is 0 Å². The Morgan fingerprint density at radius 3 is 2.54 bits per heavy atom. The molecule has 2 heteroatoms. The number of rotatable bonds is 4. The van der Waals surface area contributed by atoms with Crippen LogP contribution in [-0.4, -0.2) is 11.6 Å². The van der Waals surface area contributed by atoms with E-state index in [1.165, 1.54) is 5.56 Å². The summed E-state index contributed by atoms with van der Waals surface area (Å²) in [6.45, 7) is 8.65. The van der Waals surface area contributed by atoms with Crippen molar-refractivity contribution in [1.29, 1.82) is 0 Å². The lowest BCUT2D eigenvalue weighted by Gasteiger charge is -2.12. The first kappa shape index (κ1) is 16.1. The van der Waals surface area contributed by atoms with Crippen molar-refractivity contribution < 1.29 is 4.74 Å². The van der Waals surface area contributed by atoms with Crippen molar-refractivity contribution in [2.75, 3.05) is 6.61 Å². The van der Waals surface area contributed by atoms with Crippen molar-refractivity contribution in [3.05, 3.63) is 66.7 Å². The second-order valence-electron chi connectivity index (χ2n) is 6.11. The van der Waals surface area contributed by atoms with Crippen molar-refractivity contribution in [3.8, 4) is 29.2 Å². The Kier molecular flexibility index (Phi) is 4.53. The molecule has 0 atom stereocenters. The molecule has 0 saturated carbocycles. The fraction of sp³-hybridized carbons (Fsp3) is 0.182. The molecule has 3 aromatic rings. The summed E-state index contributed by atoms with van der Waals surface area (Å²) in [6, 6.07) is 16.5. The summed E-state index contributed by atoms with van der Waals surface area (Å²) >= 11 is 0. The van der Waals surface area contributed by atoms with Gasteiger partial charge < -0.3 is 4.74 Å². The highest BCUT2D eigenvalue weighted by Crippen LogP contribution is 2.32. The van der Waals surface area contributed by atoms with E-state index in [2.05, 4.69) is 55.9 Å². The molecule has 0 spiro atoms. The normalized spacial score (nSPS) is 10.8. The van der Waals surface area contributed by atoms with E-state index in [1.54, 1.807) is 0 Å². The van der Waals surface area contributed by atoms with Gasteiger partial charge in [0.25, 0.3) is 0 Å². The molecule has 0 aliphatic carbocycles. The van der Waals surface area contributed by atoms with Crippen LogP contribution >= 0.6 is 0 Å². The molecule has 2 nitrogen and oxygen atoms in total. The van der Waals surface area contributed by atoms with Gasteiger partial charge >= 0.3 is 0 Å². The molecule has 0 aliphatic heterocycles. The fourth-order valence-corrected chi connectivity index (χ4v) is 2.76. The summed E-state index contributed by atoms with van der Waals surface area (Å²) in [5.74, 6) is 3.75. The molecular formula is C22H20NO. The first-order valence-corrected chi connectivity index (χ1v) is 8.02. The van der Waals surface area contributed by atoms with E-state index in [-0.39, 0.29) is 6.61 Å². The highest BCUT2D eigenvalue weighted by Gasteiger charge is 2.09. The molecule has 2 aromatic carbocycles. The Hall–Kier alpha value is -2.79. The summed E-state index contributed by atoms with van der Waals surface area (Å²) in [6.07, 6.45) is 5.27. The molecule has 0 fully saturated rings.